The van der Waals surface area contributed by atoms with E-state index in [1.165, 1.54) is 24.8 Å². The van der Waals surface area contributed by atoms with E-state index >= 15 is 0 Å². The Hall–Kier alpha value is -2.39. The highest BCUT2D eigenvalue weighted by Gasteiger charge is 2.30. The van der Waals surface area contributed by atoms with Crippen molar-refractivity contribution in [1.82, 2.24) is 19.8 Å². The van der Waals surface area contributed by atoms with Crippen molar-refractivity contribution in [3.63, 3.8) is 0 Å². The zero-order valence-corrected chi connectivity index (χ0v) is 21.6. The molecule has 3 aliphatic heterocycles. The smallest absolute Gasteiger partial charge is 0.303 e. The maximum Gasteiger partial charge on any atom is 0.303 e. The molecule has 182 valence electrons. The molecular formula is C25H36N7OS+. The normalized spacial score (nSPS) is 22.0. The number of thiophene rings is 1. The van der Waals surface area contributed by atoms with E-state index in [9.17, 15) is 4.79 Å². The molecule has 1 atom stereocenters. The monoisotopic (exact) mass is 482 g/mol. The number of nitrogens with zero attached hydrogens (tertiary/aromatic N) is 7. The average Bonchev–Trinajstić information content (AvgIpc) is 3.40. The highest BCUT2D eigenvalue weighted by atomic mass is 32.1. The Morgan fingerprint density at radius 1 is 1.12 bits per heavy atom. The summed E-state index contributed by atoms with van der Waals surface area (Å²) < 4.78 is 3.28. The standard InChI is InChI=1S/C25H36N7OS/c1-17(2)24(33)30-12-10-29(11-13-30)15-20-16-34-22-21(20)27-25(31-8-6-5-7-9-31)28-23(22)32-14-18(3)26-19(32)4/h14,16-18H,5-13,15H2,1-4H3/q+1. The minimum Gasteiger partial charge on any atom is -0.340 e. The highest BCUT2D eigenvalue weighted by Crippen LogP contribution is 2.35. The van der Waals surface area contributed by atoms with Crippen LogP contribution in [-0.2, 0) is 11.3 Å². The Labute approximate surface area is 206 Å². The summed E-state index contributed by atoms with van der Waals surface area (Å²) in [4.78, 5) is 34.1. The predicted molar refractivity (Wildman–Crippen MR) is 139 cm³/mol. The predicted octanol–water partition coefficient (Wildman–Crippen LogP) is 3.52. The second kappa shape index (κ2) is 9.70. The molecule has 9 heteroatoms. The van der Waals surface area contributed by atoms with Gasteiger partial charge in [0.1, 0.15) is 4.70 Å². The summed E-state index contributed by atoms with van der Waals surface area (Å²) in [5.41, 5.74) is 2.32. The van der Waals surface area contributed by atoms with Crippen LogP contribution < -0.4 is 4.90 Å². The topological polar surface area (TPSA) is 67.9 Å². The van der Waals surface area contributed by atoms with Gasteiger partial charge in [-0.1, -0.05) is 18.8 Å². The highest BCUT2D eigenvalue weighted by molar-refractivity contribution is 7.17. The molecule has 0 saturated carbocycles. The molecule has 5 rings (SSSR count). The van der Waals surface area contributed by atoms with Crippen LogP contribution in [0.4, 0.5) is 11.8 Å². The fourth-order valence-corrected chi connectivity index (χ4v) is 6.10. The number of hydrogen-bond acceptors (Lipinski definition) is 7. The van der Waals surface area contributed by atoms with Gasteiger partial charge in [0, 0.05) is 64.2 Å². The first-order chi connectivity index (χ1) is 16.4. The van der Waals surface area contributed by atoms with Crippen molar-refractivity contribution in [2.24, 2.45) is 10.9 Å². The van der Waals surface area contributed by atoms with Crippen molar-refractivity contribution in [1.29, 1.82) is 0 Å². The minimum absolute atomic E-state index is 0.0628. The lowest BCUT2D eigenvalue weighted by Crippen LogP contribution is -2.49. The Balaban J connectivity index is 1.44. The summed E-state index contributed by atoms with van der Waals surface area (Å²) >= 11 is 1.73. The maximum atomic E-state index is 12.4. The van der Waals surface area contributed by atoms with E-state index in [2.05, 4.69) is 39.8 Å². The van der Waals surface area contributed by atoms with Crippen molar-refractivity contribution in [3.8, 4) is 0 Å². The summed E-state index contributed by atoms with van der Waals surface area (Å²) in [5.74, 6) is 3.11. The van der Waals surface area contributed by atoms with Gasteiger partial charge in [-0.15, -0.1) is 16.3 Å². The van der Waals surface area contributed by atoms with Crippen molar-refractivity contribution >= 4 is 51.3 Å². The van der Waals surface area contributed by atoms with E-state index in [4.69, 9.17) is 15.0 Å². The number of amidine groups is 1. The van der Waals surface area contributed by atoms with E-state index in [0.29, 0.717) is 0 Å². The molecule has 8 nitrogen and oxygen atoms in total. The largest absolute Gasteiger partial charge is 0.340 e. The molecule has 5 heterocycles. The number of carbonyl (C=O) groups excluding carboxylic acids is 1. The van der Waals surface area contributed by atoms with Gasteiger partial charge >= 0.3 is 5.95 Å². The molecule has 0 bridgehead atoms. The molecule has 0 spiro atoms. The van der Waals surface area contributed by atoms with Crippen molar-refractivity contribution in [3.05, 3.63) is 10.9 Å². The molecule has 3 aliphatic rings. The summed E-state index contributed by atoms with van der Waals surface area (Å²) in [6.07, 6.45) is 5.82. The second-order valence-corrected chi connectivity index (χ2v) is 10.9. The summed E-state index contributed by atoms with van der Waals surface area (Å²) in [6.45, 7) is 14.4. The molecule has 2 aromatic heterocycles. The maximum absolute atomic E-state index is 12.4. The van der Waals surface area contributed by atoms with Crippen LogP contribution in [0, 0.1) is 5.92 Å². The van der Waals surface area contributed by atoms with Gasteiger partial charge in [0.15, 0.2) is 6.04 Å². The van der Waals surface area contributed by atoms with Crippen molar-refractivity contribution < 1.29 is 9.37 Å². The molecule has 2 saturated heterocycles. The molecule has 0 radical (unpaired) electrons. The Morgan fingerprint density at radius 3 is 2.50 bits per heavy atom. The van der Waals surface area contributed by atoms with Gasteiger partial charge in [-0.05, 0) is 31.6 Å². The molecule has 0 aromatic carbocycles. The molecule has 2 fully saturated rings. The van der Waals surface area contributed by atoms with Crippen molar-refractivity contribution in [2.75, 3.05) is 44.2 Å². The first kappa shape index (κ1) is 23.4. The molecule has 2 aromatic rings. The van der Waals surface area contributed by atoms with Crippen LogP contribution in [-0.4, -0.2) is 87.6 Å². The number of rotatable bonds is 5. The minimum atomic E-state index is 0.0628. The molecule has 1 unspecified atom stereocenters. The van der Waals surface area contributed by atoms with Crippen LogP contribution in [0.3, 0.4) is 0 Å². The quantitative estimate of drug-likeness (QED) is 0.610. The number of anilines is 1. The molecule has 0 aliphatic carbocycles. The summed E-state index contributed by atoms with van der Waals surface area (Å²) in [5, 5.41) is 2.25. The van der Waals surface area contributed by atoms with Crippen LogP contribution in [0.2, 0.25) is 0 Å². The van der Waals surface area contributed by atoms with Gasteiger partial charge in [0.25, 0.3) is 5.82 Å². The van der Waals surface area contributed by atoms with E-state index < -0.39 is 0 Å². The second-order valence-electron chi connectivity index (χ2n) is 10.0. The van der Waals surface area contributed by atoms with E-state index in [-0.39, 0.29) is 17.9 Å². The average molecular weight is 483 g/mol. The molecule has 34 heavy (non-hydrogen) atoms. The van der Waals surface area contributed by atoms with Gasteiger partial charge in [0.05, 0.1) is 11.7 Å². The summed E-state index contributed by atoms with van der Waals surface area (Å²) in [6, 6.07) is 0.160. The zero-order chi connectivity index (χ0) is 23.8. The molecular weight excluding hydrogens is 446 g/mol. The lowest BCUT2D eigenvalue weighted by molar-refractivity contribution is -0.301. The first-order valence-electron chi connectivity index (χ1n) is 12.6. The number of aromatic nitrogens is 2. The summed E-state index contributed by atoms with van der Waals surface area (Å²) in [7, 11) is 0. The number of fused-ring (bicyclic) bond motifs is 1. The number of hydrogen-bond donors (Lipinski definition) is 0. The van der Waals surface area contributed by atoms with Crippen LogP contribution in [0.25, 0.3) is 10.2 Å². The molecule has 0 N–H and O–H groups in total. The third kappa shape index (κ3) is 4.60. The Bertz CT molecular complexity index is 1120. The number of piperidine rings is 1. The van der Waals surface area contributed by atoms with Gasteiger partial charge in [-0.25, -0.2) is 4.58 Å². The van der Waals surface area contributed by atoms with Crippen LogP contribution >= 0.6 is 11.3 Å². The van der Waals surface area contributed by atoms with Gasteiger partial charge in [-0.3, -0.25) is 9.69 Å². The number of carbonyl (C=O) groups is 1. The number of amides is 1. The van der Waals surface area contributed by atoms with Crippen molar-refractivity contribution in [2.45, 2.75) is 59.5 Å². The SMILES string of the molecule is CC1=NC(C)C=[N+]1c1nc(N2CCCCC2)nc2c(CN3CCN(C(=O)C(C)C)CC3)csc12. The molecule has 1 amide bonds. The number of piperazine rings is 1. The van der Waals surface area contributed by atoms with E-state index in [0.717, 1.165) is 73.6 Å². The van der Waals surface area contributed by atoms with Gasteiger partial charge < -0.3 is 9.80 Å². The van der Waals surface area contributed by atoms with E-state index in [1.54, 1.807) is 11.3 Å². The van der Waals surface area contributed by atoms with Crippen LogP contribution in [0.15, 0.2) is 10.4 Å². The van der Waals surface area contributed by atoms with Gasteiger partial charge in [0.2, 0.25) is 11.7 Å². The first-order valence-corrected chi connectivity index (χ1v) is 13.5. The van der Waals surface area contributed by atoms with E-state index in [1.807, 2.05) is 18.7 Å². The lowest BCUT2D eigenvalue weighted by Gasteiger charge is -2.35. The van der Waals surface area contributed by atoms with Gasteiger partial charge in [-0.2, -0.15) is 4.98 Å². The fourth-order valence-electron chi connectivity index (χ4n) is 5.12. The number of aliphatic imine (C=N–C) groups is 1. The Morgan fingerprint density at radius 2 is 1.85 bits per heavy atom. The van der Waals surface area contributed by atoms with Crippen LogP contribution in [0.5, 0.6) is 0 Å². The third-order valence-corrected chi connectivity index (χ3v) is 8.02. The zero-order valence-electron chi connectivity index (χ0n) is 20.8. The third-order valence-electron chi connectivity index (χ3n) is 7.00. The van der Waals surface area contributed by atoms with Crippen LogP contribution in [0.1, 0.15) is 52.5 Å². The fraction of sp³-hybridized carbons (Fsp3) is 0.640. The lowest BCUT2D eigenvalue weighted by atomic mass is 10.1. The Kier molecular flexibility index (Phi) is 6.66.